The van der Waals surface area contributed by atoms with Crippen LogP contribution in [-0.2, 0) is 18.4 Å². The van der Waals surface area contributed by atoms with E-state index in [0.29, 0.717) is 17.2 Å². The number of amides is 1. The molecule has 11 nitrogen and oxygen atoms in total. The lowest BCUT2D eigenvalue weighted by atomic mass is 10.0. The Morgan fingerprint density at radius 1 is 1.15 bits per heavy atom. The minimum Gasteiger partial charge on any atom is -0.481 e. The van der Waals surface area contributed by atoms with Gasteiger partial charge >= 0.3 is 7.82 Å². The van der Waals surface area contributed by atoms with Gasteiger partial charge in [-0.1, -0.05) is 6.58 Å². The number of nitrogens with one attached hydrogen (secondary N) is 1. The van der Waals surface area contributed by atoms with E-state index in [-0.39, 0.29) is 5.91 Å². The average molecular weight is 552 g/mol. The molecule has 0 aliphatic heterocycles. The molecule has 2 unspecified atom stereocenters. The first kappa shape index (κ1) is 28.1. The van der Waals surface area contributed by atoms with Crippen LogP contribution < -0.4 is 10.1 Å². The van der Waals surface area contributed by atoms with Crippen LogP contribution in [0.3, 0.4) is 0 Å². The Morgan fingerprint density at radius 3 is 2.59 bits per heavy atom. The van der Waals surface area contributed by atoms with E-state index in [2.05, 4.69) is 26.8 Å². The van der Waals surface area contributed by atoms with Crippen LogP contribution in [0, 0.1) is 0 Å². The molecule has 2 atom stereocenters. The van der Waals surface area contributed by atoms with Crippen molar-refractivity contribution >= 4 is 30.5 Å². The van der Waals surface area contributed by atoms with E-state index in [0.717, 1.165) is 27.6 Å². The summed E-state index contributed by atoms with van der Waals surface area (Å²) in [6.07, 6.45) is 8.55. The van der Waals surface area contributed by atoms with Crippen LogP contribution in [-0.4, -0.2) is 43.0 Å². The molecule has 2 N–H and O–H groups in total. The number of hydrogen-bond donors (Lipinski definition) is 2. The van der Waals surface area contributed by atoms with E-state index in [1.807, 2.05) is 12.1 Å². The monoisotopic (exact) mass is 551 g/mol. The number of rotatable bonds is 9. The molecule has 204 valence electrons. The Hall–Kier alpha value is -3.89. The van der Waals surface area contributed by atoms with Gasteiger partial charge in [0.1, 0.15) is 11.9 Å². The maximum absolute atomic E-state index is 12.7. The van der Waals surface area contributed by atoms with E-state index < -0.39 is 19.7 Å². The van der Waals surface area contributed by atoms with Crippen LogP contribution in [0.1, 0.15) is 33.9 Å². The molecule has 1 amide bonds. The normalized spacial score (nSPS) is 14.0. The van der Waals surface area contributed by atoms with Crippen molar-refractivity contribution in [1.82, 2.24) is 19.5 Å². The van der Waals surface area contributed by atoms with Crippen LogP contribution in [0.2, 0.25) is 0 Å². The molecule has 0 aliphatic carbocycles. The molecule has 0 aliphatic rings. The summed E-state index contributed by atoms with van der Waals surface area (Å²) in [6, 6.07) is 7.31. The Bertz CT molecular complexity index is 1580. The molecule has 4 aromatic heterocycles. The molecule has 4 heterocycles. The van der Waals surface area contributed by atoms with Crippen LogP contribution in [0.25, 0.3) is 33.3 Å². The number of carbonyl (C=O) groups excluding carboxylic acids is 1. The topological polar surface area (TPSA) is 138 Å². The second kappa shape index (κ2) is 11.1. The van der Waals surface area contributed by atoms with Gasteiger partial charge in [-0.05, 0) is 57.5 Å². The predicted molar refractivity (Wildman–Crippen MR) is 148 cm³/mol. The van der Waals surface area contributed by atoms with E-state index >= 15 is 0 Å². The van der Waals surface area contributed by atoms with Crippen LogP contribution in [0.5, 0.6) is 5.88 Å². The van der Waals surface area contributed by atoms with E-state index in [4.69, 9.17) is 13.8 Å². The third kappa shape index (κ3) is 6.76. The van der Waals surface area contributed by atoms with Crippen molar-refractivity contribution in [3.63, 3.8) is 0 Å². The summed E-state index contributed by atoms with van der Waals surface area (Å²) < 4.78 is 30.4. The number of phosphoric ester groups is 1. The van der Waals surface area contributed by atoms with Gasteiger partial charge in [0.05, 0.1) is 24.6 Å². The fourth-order valence-corrected chi connectivity index (χ4v) is 5.18. The molecular formula is C27H30N5O6P. The number of ether oxygens (including phenoxy) is 1. The minimum absolute atomic E-state index is 0.348. The first-order chi connectivity index (χ1) is 18.4. The smallest absolute Gasteiger partial charge is 0.474 e. The number of anilines is 1. The van der Waals surface area contributed by atoms with Gasteiger partial charge in [0.2, 0.25) is 11.8 Å². The lowest BCUT2D eigenvalue weighted by molar-refractivity contribution is -0.111. The second-order valence-corrected chi connectivity index (χ2v) is 11.0. The largest absolute Gasteiger partial charge is 0.481 e. The van der Waals surface area contributed by atoms with Crippen molar-refractivity contribution in [2.75, 3.05) is 12.4 Å². The van der Waals surface area contributed by atoms with Gasteiger partial charge in [-0.25, -0.2) is 14.5 Å². The van der Waals surface area contributed by atoms with E-state index in [1.165, 1.54) is 19.4 Å². The quantitative estimate of drug-likeness (QED) is 0.197. The molecule has 0 spiro atoms. The van der Waals surface area contributed by atoms with Gasteiger partial charge in [0.15, 0.2) is 0 Å². The first-order valence-electron chi connectivity index (χ1n) is 12.0. The standard InChI is InChI=1S/C27H30N5O6P/c1-7-24(33)31-21-10-19(13-28-15-21)20-11-22-23(18-8-9-29-25(12-18)36-6)16-32(26(22)30-14-20)17(2)37-39(34,35)38-27(3,4)5/h7-17H,1H2,2-6H3,(H,31,33)(H,34,35). The molecule has 0 saturated carbocycles. The zero-order valence-corrected chi connectivity index (χ0v) is 23.2. The summed E-state index contributed by atoms with van der Waals surface area (Å²) in [4.78, 5) is 35.2. The number of aromatic nitrogens is 4. The Kier molecular flexibility index (Phi) is 7.99. The third-order valence-corrected chi connectivity index (χ3v) is 6.87. The zero-order chi connectivity index (χ0) is 28.4. The predicted octanol–water partition coefficient (Wildman–Crippen LogP) is 5.74. The summed E-state index contributed by atoms with van der Waals surface area (Å²) in [7, 11) is -2.86. The zero-order valence-electron chi connectivity index (χ0n) is 22.3. The Balaban J connectivity index is 1.82. The highest BCUT2D eigenvalue weighted by molar-refractivity contribution is 7.47. The molecule has 0 aromatic carbocycles. The van der Waals surface area contributed by atoms with Crippen molar-refractivity contribution in [2.45, 2.75) is 39.5 Å². The molecule has 39 heavy (non-hydrogen) atoms. The van der Waals surface area contributed by atoms with Gasteiger partial charge in [-0.2, -0.15) is 0 Å². The van der Waals surface area contributed by atoms with Crippen molar-refractivity contribution in [1.29, 1.82) is 0 Å². The third-order valence-electron chi connectivity index (χ3n) is 5.52. The fraction of sp³-hybridized carbons (Fsp3) is 0.259. The lowest BCUT2D eigenvalue weighted by Gasteiger charge is -2.25. The highest BCUT2D eigenvalue weighted by Gasteiger charge is 2.32. The highest BCUT2D eigenvalue weighted by atomic mass is 31.2. The fourth-order valence-electron chi connectivity index (χ4n) is 3.96. The number of nitrogens with zero attached hydrogens (tertiary/aromatic N) is 4. The SMILES string of the molecule is C=CC(=O)Nc1cncc(-c2cnc3c(c2)c(-c2ccnc(OC)c2)cn3C(C)OP(=O)(O)OC(C)(C)C)c1. The van der Waals surface area contributed by atoms with Gasteiger partial charge < -0.3 is 19.5 Å². The molecule has 12 heteroatoms. The Labute approximate surface area is 226 Å². The van der Waals surface area contributed by atoms with Gasteiger partial charge in [-0.3, -0.25) is 18.8 Å². The highest BCUT2D eigenvalue weighted by Crippen LogP contribution is 2.50. The van der Waals surface area contributed by atoms with Crippen molar-refractivity contribution in [3.8, 4) is 28.1 Å². The summed E-state index contributed by atoms with van der Waals surface area (Å²) in [5.41, 5.74) is 3.15. The summed E-state index contributed by atoms with van der Waals surface area (Å²) in [5.74, 6) is 0.0780. The maximum Gasteiger partial charge on any atom is 0.474 e. The van der Waals surface area contributed by atoms with Gasteiger partial charge in [0.25, 0.3) is 0 Å². The van der Waals surface area contributed by atoms with Crippen LogP contribution in [0.4, 0.5) is 5.69 Å². The van der Waals surface area contributed by atoms with Crippen LogP contribution in [0.15, 0.2) is 67.9 Å². The van der Waals surface area contributed by atoms with Crippen molar-refractivity contribution in [2.24, 2.45) is 0 Å². The maximum atomic E-state index is 12.7. The number of hydrogen-bond acceptors (Lipinski definition) is 8. The van der Waals surface area contributed by atoms with Crippen molar-refractivity contribution < 1.29 is 28.0 Å². The molecule has 0 fully saturated rings. The molecule has 0 saturated heterocycles. The summed E-state index contributed by atoms with van der Waals surface area (Å²) in [6.45, 7) is 10.1. The van der Waals surface area contributed by atoms with E-state index in [9.17, 15) is 14.3 Å². The molecule has 0 bridgehead atoms. The number of phosphoric acid groups is 1. The molecule has 4 rings (SSSR count). The minimum atomic E-state index is -4.39. The van der Waals surface area contributed by atoms with Gasteiger partial charge in [0, 0.05) is 52.9 Å². The number of fused-ring (bicyclic) bond motifs is 1. The molecule has 4 aromatic rings. The molecular weight excluding hydrogens is 521 g/mol. The molecule has 0 radical (unpaired) electrons. The summed E-state index contributed by atoms with van der Waals surface area (Å²) >= 11 is 0. The van der Waals surface area contributed by atoms with E-state index in [1.54, 1.807) is 69.2 Å². The summed E-state index contributed by atoms with van der Waals surface area (Å²) in [5, 5.41) is 3.44. The number of methoxy groups -OCH3 is 1. The van der Waals surface area contributed by atoms with Crippen molar-refractivity contribution in [3.05, 3.63) is 67.9 Å². The van der Waals surface area contributed by atoms with Crippen LogP contribution >= 0.6 is 7.82 Å². The second-order valence-electron chi connectivity index (χ2n) is 9.66. The Morgan fingerprint density at radius 2 is 1.90 bits per heavy atom. The first-order valence-corrected chi connectivity index (χ1v) is 13.5. The van der Waals surface area contributed by atoms with Gasteiger partial charge in [-0.15, -0.1) is 0 Å². The number of carbonyl (C=O) groups is 1. The lowest BCUT2D eigenvalue weighted by Crippen LogP contribution is -2.19. The number of pyridine rings is 3. The average Bonchev–Trinajstić information content (AvgIpc) is 3.26.